The highest BCUT2D eigenvalue weighted by Crippen LogP contribution is 2.36. The Morgan fingerprint density at radius 1 is 1.29 bits per heavy atom. The van der Waals surface area contributed by atoms with Gasteiger partial charge in [-0.1, -0.05) is 34.8 Å². The number of anilines is 1. The van der Waals surface area contributed by atoms with Crippen molar-refractivity contribution >= 4 is 47.9 Å². The molecule has 1 aromatic rings. The van der Waals surface area contributed by atoms with Crippen molar-refractivity contribution in [2.45, 2.75) is 6.42 Å². The Morgan fingerprint density at radius 3 is 2.29 bits per heavy atom. The molecule has 17 heavy (non-hydrogen) atoms. The molecule has 7 heteroatoms. The predicted molar refractivity (Wildman–Crippen MR) is 75.2 cm³/mol. The molecule has 0 aliphatic heterocycles. The second kappa shape index (κ2) is 6.31. The van der Waals surface area contributed by atoms with Gasteiger partial charge in [0.25, 0.3) is 0 Å². The average Bonchev–Trinajstić information content (AvgIpc) is 2.19. The summed E-state index contributed by atoms with van der Waals surface area (Å²) in [6.45, 7) is 1.93. The third-order valence-electron chi connectivity index (χ3n) is 2.06. The summed E-state index contributed by atoms with van der Waals surface area (Å²) >= 11 is 17.5. The van der Waals surface area contributed by atoms with Gasteiger partial charge in [-0.05, 0) is 18.6 Å². The molecule has 0 aromatic heterocycles. The summed E-state index contributed by atoms with van der Waals surface area (Å²) < 4.78 is 11.0. The Labute approximate surface area is 116 Å². The molecule has 0 spiro atoms. The Morgan fingerprint density at radius 2 is 1.82 bits per heavy atom. The van der Waals surface area contributed by atoms with Crippen LogP contribution in [0.15, 0.2) is 12.1 Å². The van der Waals surface area contributed by atoms with Gasteiger partial charge in [0.05, 0.1) is 15.1 Å². The number of hydrogen-bond acceptors (Lipinski definition) is 2. The summed E-state index contributed by atoms with van der Waals surface area (Å²) in [7, 11) is -2.93. The zero-order valence-electron chi connectivity index (χ0n) is 9.21. The first-order valence-electron chi connectivity index (χ1n) is 4.97. The summed E-state index contributed by atoms with van der Waals surface area (Å²) in [5.41, 5.74) is 0.744. The number of rotatable bonds is 5. The minimum Gasteiger partial charge on any atom is -0.385 e. The smallest absolute Gasteiger partial charge is 0.197 e. The number of halogens is 3. The second-order valence-electron chi connectivity index (χ2n) is 3.81. The maximum Gasteiger partial charge on any atom is 0.197 e. The van der Waals surface area contributed by atoms with Crippen LogP contribution in [0, 0.1) is 0 Å². The molecule has 0 amide bonds. The first kappa shape index (κ1) is 15.1. The first-order valence-corrected chi connectivity index (χ1v) is 8.40. The van der Waals surface area contributed by atoms with E-state index in [2.05, 4.69) is 5.32 Å². The van der Waals surface area contributed by atoms with Gasteiger partial charge >= 0.3 is 0 Å². The van der Waals surface area contributed by atoms with Crippen LogP contribution >= 0.6 is 42.2 Å². The normalized spacial score (nSPS) is 14.4. The van der Waals surface area contributed by atoms with Gasteiger partial charge < -0.3 is 10.2 Å². The van der Waals surface area contributed by atoms with Crippen LogP contribution in [-0.2, 0) is 4.57 Å². The topological polar surface area (TPSA) is 49.3 Å². The third-order valence-corrected chi connectivity index (χ3v) is 4.41. The summed E-state index contributed by atoms with van der Waals surface area (Å²) in [5.74, 6) is 0. The van der Waals surface area contributed by atoms with Crippen molar-refractivity contribution in [1.29, 1.82) is 0 Å². The molecule has 1 aromatic carbocycles. The molecular formula is C10H13Cl3NO2P. The van der Waals surface area contributed by atoms with Crippen LogP contribution in [0.4, 0.5) is 5.69 Å². The molecule has 0 aliphatic carbocycles. The van der Waals surface area contributed by atoms with Crippen molar-refractivity contribution in [3.8, 4) is 0 Å². The fourth-order valence-electron chi connectivity index (χ4n) is 1.26. The lowest BCUT2D eigenvalue weighted by Gasteiger charge is -2.09. The molecule has 0 saturated carbocycles. The molecule has 0 fully saturated rings. The van der Waals surface area contributed by atoms with E-state index in [-0.39, 0.29) is 6.16 Å². The van der Waals surface area contributed by atoms with E-state index in [0.717, 1.165) is 5.69 Å². The van der Waals surface area contributed by atoms with Gasteiger partial charge in [0, 0.05) is 25.1 Å². The zero-order valence-corrected chi connectivity index (χ0v) is 12.4. The Hall–Kier alpha value is 0.0800. The van der Waals surface area contributed by atoms with Crippen molar-refractivity contribution in [2.75, 3.05) is 24.7 Å². The molecule has 3 nitrogen and oxygen atoms in total. The van der Waals surface area contributed by atoms with Crippen molar-refractivity contribution in [1.82, 2.24) is 0 Å². The highest BCUT2D eigenvalue weighted by molar-refractivity contribution is 7.57. The summed E-state index contributed by atoms with van der Waals surface area (Å²) in [4.78, 5) is 9.11. The molecule has 0 heterocycles. The lowest BCUT2D eigenvalue weighted by molar-refractivity contribution is 0.483. The standard InChI is InChI=1S/C10H13Cl3NO2P/c1-17(15,16)4-2-3-14-7-5-8(11)10(13)9(12)6-7/h5-6,14H,2-4H2,1H3,(H,15,16). The molecule has 0 saturated heterocycles. The van der Waals surface area contributed by atoms with Gasteiger partial charge in [0.15, 0.2) is 7.37 Å². The van der Waals surface area contributed by atoms with Gasteiger partial charge in [-0.25, -0.2) is 0 Å². The van der Waals surface area contributed by atoms with Gasteiger partial charge in [0.2, 0.25) is 0 Å². The van der Waals surface area contributed by atoms with Crippen molar-refractivity contribution in [3.05, 3.63) is 27.2 Å². The molecule has 0 bridgehead atoms. The number of hydrogen-bond donors (Lipinski definition) is 2. The van der Waals surface area contributed by atoms with Crippen LogP contribution in [0.5, 0.6) is 0 Å². The Kier molecular flexibility index (Phi) is 5.62. The van der Waals surface area contributed by atoms with Crippen molar-refractivity contribution < 1.29 is 9.46 Å². The molecule has 1 atom stereocenters. The van der Waals surface area contributed by atoms with E-state index in [1.165, 1.54) is 6.66 Å². The van der Waals surface area contributed by atoms with Gasteiger partial charge in [-0.15, -0.1) is 0 Å². The first-order chi connectivity index (χ1) is 7.79. The van der Waals surface area contributed by atoms with E-state index in [4.69, 9.17) is 39.7 Å². The van der Waals surface area contributed by atoms with Crippen LogP contribution in [0.1, 0.15) is 6.42 Å². The van der Waals surface area contributed by atoms with Crippen LogP contribution in [-0.4, -0.2) is 24.3 Å². The minimum atomic E-state index is -2.93. The Bertz CT molecular complexity index is 424. The molecular weight excluding hydrogens is 303 g/mol. The largest absolute Gasteiger partial charge is 0.385 e. The third kappa shape index (κ3) is 5.50. The molecule has 1 rings (SSSR count). The van der Waals surface area contributed by atoms with E-state index in [1.807, 2.05) is 0 Å². The summed E-state index contributed by atoms with van der Waals surface area (Å²) in [5, 5.41) is 4.15. The predicted octanol–water partition coefficient (Wildman–Crippen LogP) is 4.35. The molecule has 1 unspecified atom stereocenters. The van der Waals surface area contributed by atoms with Crippen LogP contribution < -0.4 is 5.32 Å². The Balaban J connectivity index is 2.50. The number of benzene rings is 1. The highest BCUT2D eigenvalue weighted by atomic mass is 35.5. The monoisotopic (exact) mass is 315 g/mol. The number of nitrogens with one attached hydrogen (secondary N) is 1. The quantitative estimate of drug-likeness (QED) is 0.482. The van der Waals surface area contributed by atoms with Crippen molar-refractivity contribution in [2.24, 2.45) is 0 Å². The average molecular weight is 317 g/mol. The minimum absolute atomic E-state index is 0.287. The zero-order chi connectivity index (χ0) is 13.1. The highest BCUT2D eigenvalue weighted by Gasteiger charge is 2.09. The maximum absolute atomic E-state index is 11.0. The lowest BCUT2D eigenvalue weighted by Crippen LogP contribution is -2.04. The van der Waals surface area contributed by atoms with Gasteiger partial charge in [0.1, 0.15) is 0 Å². The fourth-order valence-corrected chi connectivity index (χ4v) is 2.60. The van der Waals surface area contributed by atoms with E-state index < -0.39 is 7.37 Å². The second-order valence-corrected chi connectivity index (χ2v) is 7.55. The molecule has 0 aliphatic rings. The maximum atomic E-state index is 11.0. The summed E-state index contributed by atoms with van der Waals surface area (Å²) in [6, 6.07) is 3.33. The van der Waals surface area contributed by atoms with Gasteiger partial charge in [-0.2, -0.15) is 0 Å². The van der Waals surface area contributed by atoms with Crippen molar-refractivity contribution in [3.63, 3.8) is 0 Å². The molecule has 2 N–H and O–H groups in total. The van der Waals surface area contributed by atoms with E-state index in [0.29, 0.717) is 28.0 Å². The molecule has 96 valence electrons. The van der Waals surface area contributed by atoms with E-state index >= 15 is 0 Å². The van der Waals surface area contributed by atoms with Gasteiger partial charge in [-0.3, -0.25) is 4.57 Å². The fraction of sp³-hybridized carbons (Fsp3) is 0.400. The van der Waals surface area contributed by atoms with E-state index in [1.54, 1.807) is 12.1 Å². The summed E-state index contributed by atoms with van der Waals surface area (Å²) in [6.07, 6.45) is 0.886. The lowest BCUT2D eigenvalue weighted by atomic mass is 10.3. The van der Waals surface area contributed by atoms with Crippen LogP contribution in [0.25, 0.3) is 0 Å². The molecule has 0 radical (unpaired) electrons. The van der Waals surface area contributed by atoms with E-state index in [9.17, 15) is 4.57 Å². The van der Waals surface area contributed by atoms with Crippen LogP contribution in [0.2, 0.25) is 15.1 Å². The van der Waals surface area contributed by atoms with Crippen LogP contribution in [0.3, 0.4) is 0 Å². The SMILES string of the molecule is CP(=O)(O)CCCNc1cc(Cl)c(Cl)c(Cl)c1.